The number of nitrogens with zero attached hydrogens (tertiary/aromatic N) is 5. The molecule has 1 amide bonds. The Labute approximate surface area is 327 Å². The van der Waals surface area contributed by atoms with E-state index in [9.17, 15) is 18.3 Å². The van der Waals surface area contributed by atoms with Crippen LogP contribution in [-0.2, 0) is 9.84 Å². The molecule has 0 atom stereocenters. The van der Waals surface area contributed by atoms with Gasteiger partial charge >= 0.3 is 0 Å². The van der Waals surface area contributed by atoms with Gasteiger partial charge in [0.1, 0.15) is 10.8 Å². The van der Waals surface area contributed by atoms with Gasteiger partial charge in [0.2, 0.25) is 5.95 Å². The van der Waals surface area contributed by atoms with E-state index in [1.807, 2.05) is 24.8 Å². The third-order valence-corrected chi connectivity index (χ3v) is 13.4. The number of piperidine rings is 1. The van der Waals surface area contributed by atoms with E-state index in [-0.39, 0.29) is 45.6 Å². The number of thiocarbonyl (C=S) groups is 1. The number of rotatable bonds is 13. The summed E-state index contributed by atoms with van der Waals surface area (Å²) in [6.45, 7) is 14.8. The highest BCUT2D eigenvalue weighted by atomic mass is 35.5. The van der Waals surface area contributed by atoms with Crippen LogP contribution in [0.1, 0.15) is 57.6 Å². The molecule has 0 spiro atoms. The van der Waals surface area contributed by atoms with Crippen LogP contribution in [0.2, 0.25) is 5.02 Å². The van der Waals surface area contributed by atoms with Crippen LogP contribution in [0.15, 0.2) is 47.5 Å². The minimum absolute atomic E-state index is 0.0617. The average molecular weight is 805 g/mol. The summed E-state index contributed by atoms with van der Waals surface area (Å²) in [5, 5.41) is 15.3. The van der Waals surface area contributed by atoms with Crippen LogP contribution in [0, 0.1) is 6.92 Å². The lowest BCUT2D eigenvalue weighted by molar-refractivity contribution is 0.148. The van der Waals surface area contributed by atoms with Gasteiger partial charge in [0.05, 0.1) is 51.2 Å². The predicted octanol–water partition coefficient (Wildman–Crippen LogP) is 6.86. The number of piperazine rings is 1. The number of anilines is 4. The Kier molecular flexibility index (Phi) is 14.2. The van der Waals surface area contributed by atoms with Crippen molar-refractivity contribution < 1.29 is 23.1 Å². The largest absolute Gasteiger partial charge is 0.489 e. The second kappa shape index (κ2) is 18.4. The summed E-state index contributed by atoms with van der Waals surface area (Å²) in [5.74, 6) is 1.93. The zero-order valence-electron chi connectivity index (χ0n) is 31.0. The number of aromatic nitrogens is 2. The van der Waals surface area contributed by atoms with E-state index < -0.39 is 15.1 Å². The number of carbonyl (C=O) groups is 1. The van der Waals surface area contributed by atoms with Gasteiger partial charge in [0, 0.05) is 45.8 Å². The van der Waals surface area contributed by atoms with Gasteiger partial charge in [-0.15, -0.1) is 0 Å². The average Bonchev–Trinajstić information content (AvgIpc) is 3.13. The minimum atomic E-state index is -3.57. The first-order valence-corrected chi connectivity index (χ1v) is 21.3. The van der Waals surface area contributed by atoms with Crippen molar-refractivity contribution in [2.75, 3.05) is 68.8 Å². The summed E-state index contributed by atoms with van der Waals surface area (Å²) < 4.78 is 32.4. The molecule has 12 nitrogen and oxygen atoms in total. The van der Waals surface area contributed by atoms with Crippen LogP contribution >= 0.6 is 35.6 Å². The molecule has 2 aromatic carbocycles. The molecule has 16 heteroatoms. The molecule has 3 aromatic rings. The van der Waals surface area contributed by atoms with Crippen LogP contribution in [0.3, 0.4) is 0 Å². The number of halogens is 1. The summed E-state index contributed by atoms with van der Waals surface area (Å²) in [7, 11) is -3.57. The Morgan fingerprint density at radius 1 is 1.04 bits per heavy atom. The molecule has 2 fully saturated rings. The monoisotopic (exact) mass is 803 g/mol. The fourth-order valence-corrected chi connectivity index (χ4v) is 8.96. The van der Waals surface area contributed by atoms with Crippen molar-refractivity contribution in [3.8, 4) is 5.75 Å². The van der Waals surface area contributed by atoms with E-state index in [0.29, 0.717) is 42.5 Å². The van der Waals surface area contributed by atoms with Gasteiger partial charge in [-0.3, -0.25) is 9.69 Å². The van der Waals surface area contributed by atoms with Crippen molar-refractivity contribution in [1.82, 2.24) is 24.7 Å². The van der Waals surface area contributed by atoms with Crippen LogP contribution in [0.25, 0.3) is 0 Å². The molecule has 2 saturated heterocycles. The van der Waals surface area contributed by atoms with Crippen molar-refractivity contribution >= 4 is 78.8 Å². The quantitative estimate of drug-likeness (QED) is 0.155. The molecule has 0 radical (unpaired) electrons. The zero-order valence-corrected chi connectivity index (χ0v) is 34.2. The molecule has 3 N–H and O–H groups in total. The van der Waals surface area contributed by atoms with Crippen LogP contribution in [-0.4, -0.2) is 118 Å². The highest BCUT2D eigenvalue weighted by Crippen LogP contribution is 2.39. The maximum absolute atomic E-state index is 13.2. The maximum Gasteiger partial charge on any atom is 0.282 e. The summed E-state index contributed by atoms with van der Waals surface area (Å²) in [5.41, 5.74) is 3.31. The first-order chi connectivity index (χ1) is 25.3. The number of sulfone groups is 1. The van der Waals surface area contributed by atoms with E-state index in [1.54, 1.807) is 38.1 Å². The standard InChI is InChI=1S/C37H50ClN7O5S3/c1-24(2)50-32-21-28(27-10-12-45(13-11-27)37(47)52-23-34(51)44-16-14-43(15-17-44)18-19-46)26(5)20-31(32)41-36-39-22-29(38)35(42-36)40-30-8-6-7-9-33(30)53(48,49)25(3)4/h6-9,20-22,24-25,27,46H,10-19,23H2,1-5H3,(H2,39,40,41,42). The summed E-state index contributed by atoms with van der Waals surface area (Å²) in [4.78, 5) is 29.5. The SMILES string of the molecule is Cc1cc(Nc2ncc(Cl)c(Nc3ccccc3S(=O)(=O)C(C)C)n2)c(OC(C)C)cc1C1CCN(C(=O)SCC(=S)N2CCN(CCO)CC2)CC1. The third kappa shape index (κ3) is 10.5. The van der Waals surface area contributed by atoms with E-state index in [2.05, 4.69) is 43.4 Å². The molecule has 0 aliphatic carbocycles. The predicted molar refractivity (Wildman–Crippen MR) is 218 cm³/mol. The number of thioether (sulfide) groups is 1. The molecule has 53 heavy (non-hydrogen) atoms. The Bertz CT molecular complexity index is 1870. The number of likely N-dealkylation sites (tertiary alicyclic amines) is 1. The van der Waals surface area contributed by atoms with Crippen LogP contribution in [0.4, 0.5) is 27.9 Å². The van der Waals surface area contributed by atoms with Gasteiger partial charge in [0.25, 0.3) is 5.24 Å². The Morgan fingerprint density at radius 3 is 2.40 bits per heavy atom. The van der Waals surface area contributed by atoms with Crippen molar-refractivity contribution in [3.05, 3.63) is 58.7 Å². The molecular formula is C37H50ClN7O5S3. The summed E-state index contributed by atoms with van der Waals surface area (Å²) >= 11 is 13.4. The number of aliphatic hydroxyl groups is 1. The zero-order chi connectivity index (χ0) is 38.3. The fraction of sp³-hybridized carbons (Fsp3) is 0.514. The highest BCUT2D eigenvalue weighted by molar-refractivity contribution is 8.14. The number of amides is 1. The normalized spacial score (nSPS) is 15.9. The first kappa shape index (κ1) is 41.0. The Morgan fingerprint density at radius 2 is 1.74 bits per heavy atom. The molecule has 3 heterocycles. The smallest absolute Gasteiger partial charge is 0.282 e. The number of β-amino-alcohol motifs (C(OH)–C–C–N with tert-alkyl or cyclic N) is 1. The second-order valence-electron chi connectivity index (χ2n) is 13.9. The molecule has 2 aliphatic heterocycles. The van der Waals surface area contributed by atoms with Crippen molar-refractivity contribution in [2.24, 2.45) is 0 Å². The molecular weight excluding hydrogens is 754 g/mol. The van der Waals surface area contributed by atoms with Gasteiger partial charge in [-0.1, -0.05) is 47.7 Å². The number of benzene rings is 2. The second-order valence-corrected chi connectivity index (χ2v) is 18.1. The summed E-state index contributed by atoms with van der Waals surface area (Å²) in [6, 6.07) is 10.8. The number of aliphatic hydroxyl groups excluding tert-OH is 1. The van der Waals surface area contributed by atoms with Gasteiger partial charge in [-0.05, 0) is 88.8 Å². The molecule has 5 rings (SSSR count). The molecule has 2 aliphatic rings. The minimum Gasteiger partial charge on any atom is -0.489 e. The number of hydrogen-bond acceptors (Lipinski definition) is 12. The molecule has 1 aromatic heterocycles. The highest BCUT2D eigenvalue weighted by Gasteiger charge is 2.28. The number of para-hydroxylation sites is 1. The number of aryl methyl sites for hydroxylation is 1. The lowest BCUT2D eigenvalue weighted by Crippen LogP contribution is -2.49. The molecule has 288 valence electrons. The topological polar surface area (TPSA) is 140 Å². The number of hydrogen-bond donors (Lipinski definition) is 3. The lowest BCUT2D eigenvalue weighted by Gasteiger charge is -2.36. The first-order valence-electron chi connectivity index (χ1n) is 18.0. The lowest BCUT2D eigenvalue weighted by atomic mass is 9.86. The fourth-order valence-electron chi connectivity index (χ4n) is 6.47. The van der Waals surface area contributed by atoms with Gasteiger partial charge in [0.15, 0.2) is 15.7 Å². The maximum atomic E-state index is 13.2. The van der Waals surface area contributed by atoms with Gasteiger partial charge < -0.3 is 30.3 Å². The van der Waals surface area contributed by atoms with E-state index in [0.717, 1.165) is 49.6 Å². The Balaban J connectivity index is 1.24. The number of ether oxygens (including phenoxy) is 1. The number of nitrogens with one attached hydrogen (secondary N) is 2. The summed E-state index contributed by atoms with van der Waals surface area (Å²) in [6.07, 6.45) is 3.04. The third-order valence-electron chi connectivity index (χ3n) is 9.44. The van der Waals surface area contributed by atoms with E-state index >= 15 is 0 Å². The van der Waals surface area contributed by atoms with Crippen LogP contribution < -0.4 is 15.4 Å². The molecule has 0 bridgehead atoms. The molecule has 0 unspecified atom stereocenters. The van der Waals surface area contributed by atoms with Crippen molar-refractivity contribution in [3.63, 3.8) is 0 Å². The Hall–Kier alpha value is -3.21. The molecule has 0 saturated carbocycles. The van der Waals surface area contributed by atoms with Crippen molar-refractivity contribution in [1.29, 1.82) is 0 Å². The van der Waals surface area contributed by atoms with E-state index in [1.165, 1.54) is 23.5 Å². The van der Waals surface area contributed by atoms with E-state index in [4.69, 9.17) is 28.6 Å². The van der Waals surface area contributed by atoms with Crippen LogP contribution in [0.5, 0.6) is 5.75 Å². The van der Waals surface area contributed by atoms with Gasteiger partial charge in [-0.2, -0.15) is 4.98 Å². The van der Waals surface area contributed by atoms with Gasteiger partial charge in [-0.25, -0.2) is 13.4 Å². The van der Waals surface area contributed by atoms with Crippen molar-refractivity contribution in [2.45, 2.75) is 69.6 Å². The number of carbonyl (C=O) groups excluding carboxylic acids is 1.